The number of carbonyl (C=O) groups is 1. The first-order chi connectivity index (χ1) is 8.60. The fourth-order valence-corrected chi connectivity index (χ4v) is 1.52. The van der Waals surface area contributed by atoms with Crippen LogP contribution in [0.15, 0.2) is 6.33 Å². The highest BCUT2D eigenvalue weighted by molar-refractivity contribution is 5.84. The van der Waals surface area contributed by atoms with Crippen molar-refractivity contribution in [3.05, 3.63) is 11.9 Å². The minimum Gasteiger partial charge on any atom is -0.373 e. The summed E-state index contributed by atoms with van der Waals surface area (Å²) >= 11 is 0. The SMILES string of the molecule is CCCNC(=O)C(C)Nc1ncnc(NC)c1C. The molecule has 6 nitrogen and oxygen atoms in total. The second-order valence-electron chi connectivity index (χ2n) is 4.10. The van der Waals surface area contributed by atoms with Crippen molar-refractivity contribution in [2.24, 2.45) is 0 Å². The summed E-state index contributed by atoms with van der Waals surface area (Å²) in [4.78, 5) is 20.0. The number of anilines is 2. The highest BCUT2D eigenvalue weighted by Gasteiger charge is 2.14. The molecule has 3 N–H and O–H groups in total. The lowest BCUT2D eigenvalue weighted by Gasteiger charge is -2.16. The first-order valence-corrected chi connectivity index (χ1v) is 6.13. The fraction of sp³-hybridized carbons (Fsp3) is 0.583. The van der Waals surface area contributed by atoms with Crippen LogP contribution >= 0.6 is 0 Å². The molecule has 100 valence electrons. The maximum Gasteiger partial charge on any atom is 0.242 e. The Balaban J connectivity index is 2.69. The molecule has 6 heteroatoms. The Morgan fingerprint density at radius 2 is 2.06 bits per heavy atom. The Morgan fingerprint density at radius 1 is 1.39 bits per heavy atom. The van der Waals surface area contributed by atoms with Crippen molar-refractivity contribution in [2.45, 2.75) is 33.2 Å². The second kappa shape index (κ2) is 6.78. The molecule has 1 atom stereocenters. The summed E-state index contributed by atoms with van der Waals surface area (Å²) in [5.41, 5.74) is 0.898. The molecule has 0 saturated heterocycles. The average molecular weight is 251 g/mol. The van der Waals surface area contributed by atoms with Crippen molar-refractivity contribution in [1.29, 1.82) is 0 Å². The van der Waals surface area contributed by atoms with Gasteiger partial charge in [-0.1, -0.05) is 6.92 Å². The van der Waals surface area contributed by atoms with Crippen molar-refractivity contribution in [2.75, 3.05) is 24.2 Å². The van der Waals surface area contributed by atoms with E-state index in [0.717, 1.165) is 17.8 Å². The summed E-state index contributed by atoms with van der Waals surface area (Å²) in [7, 11) is 1.80. The van der Waals surface area contributed by atoms with Crippen molar-refractivity contribution < 1.29 is 4.79 Å². The van der Waals surface area contributed by atoms with Crippen molar-refractivity contribution >= 4 is 17.5 Å². The maximum absolute atomic E-state index is 11.7. The second-order valence-corrected chi connectivity index (χ2v) is 4.10. The summed E-state index contributed by atoms with van der Waals surface area (Å²) in [5, 5.41) is 8.91. The van der Waals surface area contributed by atoms with Gasteiger partial charge in [0.05, 0.1) is 0 Å². The van der Waals surface area contributed by atoms with E-state index in [1.54, 1.807) is 7.05 Å². The Morgan fingerprint density at radius 3 is 2.67 bits per heavy atom. The summed E-state index contributed by atoms with van der Waals surface area (Å²) in [6.07, 6.45) is 2.40. The molecular weight excluding hydrogens is 230 g/mol. The molecule has 1 unspecified atom stereocenters. The molecule has 1 amide bonds. The number of nitrogens with one attached hydrogen (secondary N) is 3. The molecule has 0 aliphatic heterocycles. The molecule has 0 spiro atoms. The van der Waals surface area contributed by atoms with Crippen molar-refractivity contribution in [3.8, 4) is 0 Å². The van der Waals surface area contributed by atoms with Crippen LogP contribution in [-0.2, 0) is 4.79 Å². The molecule has 0 fully saturated rings. The Bertz CT molecular complexity index is 407. The first kappa shape index (κ1) is 14.2. The normalized spacial score (nSPS) is 11.8. The van der Waals surface area contributed by atoms with Crippen LogP contribution in [0.3, 0.4) is 0 Å². The molecule has 18 heavy (non-hydrogen) atoms. The van der Waals surface area contributed by atoms with E-state index in [0.29, 0.717) is 12.4 Å². The summed E-state index contributed by atoms with van der Waals surface area (Å²) in [5.74, 6) is 1.41. The molecule has 0 bridgehead atoms. The van der Waals surface area contributed by atoms with E-state index in [9.17, 15) is 4.79 Å². The zero-order valence-corrected chi connectivity index (χ0v) is 11.4. The maximum atomic E-state index is 11.7. The molecule has 0 aromatic carbocycles. The van der Waals surface area contributed by atoms with Crippen LogP contribution in [0.1, 0.15) is 25.8 Å². The van der Waals surface area contributed by atoms with E-state index in [1.165, 1.54) is 6.33 Å². The van der Waals surface area contributed by atoms with Gasteiger partial charge >= 0.3 is 0 Å². The van der Waals surface area contributed by atoms with Crippen LogP contribution in [-0.4, -0.2) is 35.5 Å². The fourth-order valence-electron chi connectivity index (χ4n) is 1.52. The minimum atomic E-state index is -0.324. The number of nitrogens with zero attached hydrogens (tertiary/aromatic N) is 2. The van der Waals surface area contributed by atoms with Gasteiger partial charge in [-0.2, -0.15) is 0 Å². The molecular formula is C12H21N5O. The standard InChI is InChI=1S/C12H21N5O/c1-5-6-14-12(18)9(3)17-11-8(2)10(13-4)15-7-16-11/h7,9H,5-6H2,1-4H3,(H,14,18)(H2,13,15,16,17). The van der Waals surface area contributed by atoms with Crippen molar-refractivity contribution in [3.63, 3.8) is 0 Å². The zero-order chi connectivity index (χ0) is 13.5. The van der Waals surface area contributed by atoms with Gasteiger partial charge in [0.15, 0.2) is 0 Å². The van der Waals surface area contributed by atoms with E-state index in [-0.39, 0.29) is 11.9 Å². The Labute approximate surface area is 108 Å². The number of hydrogen-bond donors (Lipinski definition) is 3. The smallest absolute Gasteiger partial charge is 0.242 e. The Hall–Kier alpha value is -1.85. The van der Waals surface area contributed by atoms with E-state index in [4.69, 9.17) is 0 Å². The highest BCUT2D eigenvalue weighted by Crippen LogP contribution is 2.18. The molecule has 0 aliphatic carbocycles. The lowest BCUT2D eigenvalue weighted by Crippen LogP contribution is -2.38. The largest absolute Gasteiger partial charge is 0.373 e. The molecule has 1 heterocycles. The lowest BCUT2D eigenvalue weighted by atomic mass is 10.2. The monoisotopic (exact) mass is 251 g/mol. The zero-order valence-electron chi connectivity index (χ0n) is 11.4. The summed E-state index contributed by atoms with van der Waals surface area (Å²) in [6, 6.07) is -0.324. The van der Waals surface area contributed by atoms with E-state index in [1.807, 2.05) is 20.8 Å². The van der Waals surface area contributed by atoms with Gasteiger partial charge in [0.2, 0.25) is 5.91 Å². The summed E-state index contributed by atoms with van der Waals surface area (Å²) in [6.45, 7) is 6.43. The minimum absolute atomic E-state index is 0.0270. The third kappa shape index (κ3) is 3.58. The highest BCUT2D eigenvalue weighted by atomic mass is 16.2. The van der Waals surface area contributed by atoms with Gasteiger partial charge in [0.25, 0.3) is 0 Å². The molecule has 1 rings (SSSR count). The van der Waals surface area contributed by atoms with Gasteiger partial charge in [-0.05, 0) is 20.3 Å². The molecule has 0 saturated carbocycles. The molecule has 0 aliphatic rings. The molecule has 1 aromatic heterocycles. The van der Waals surface area contributed by atoms with Crippen LogP contribution in [0.2, 0.25) is 0 Å². The van der Waals surface area contributed by atoms with Crippen LogP contribution in [0, 0.1) is 6.92 Å². The van der Waals surface area contributed by atoms with Crippen LogP contribution in [0.5, 0.6) is 0 Å². The van der Waals surface area contributed by atoms with E-state index in [2.05, 4.69) is 25.9 Å². The van der Waals surface area contributed by atoms with Gasteiger partial charge in [0.1, 0.15) is 24.0 Å². The quantitative estimate of drug-likeness (QED) is 0.707. The first-order valence-electron chi connectivity index (χ1n) is 6.13. The molecule has 0 radical (unpaired) electrons. The van der Waals surface area contributed by atoms with Crippen LogP contribution < -0.4 is 16.0 Å². The number of hydrogen-bond acceptors (Lipinski definition) is 5. The number of aromatic nitrogens is 2. The third-order valence-corrected chi connectivity index (χ3v) is 2.62. The van der Waals surface area contributed by atoms with Crippen LogP contribution in [0.25, 0.3) is 0 Å². The lowest BCUT2D eigenvalue weighted by molar-refractivity contribution is -0.121. The van der Waals surface area contributed by atoms with Gasteiger partial charge < -0.3 is 16.0 Å². The van der Waals surface area contributed by atoms with Crippen LogP contribution in [0.4, 0.5) is 11.6 Å². The van der Waals surface area contributed by atoms with Gasteiger partial charge in [-0.3, -0.25) is 4.79 Å². The van der Waals surface area contributed by atoms with Gasteiger partial charge in [0, 0.05) is 19.2 Å². The predicted molar refractivity (Wildman–Crippen MR) is 72.7 cm³/mol. The number of carbonyl (C=O) groups excluding carboxylic acids is 1. The predicted octanol–water partition coefficient (Wildman–Crippen LogP) is 1.15. The van der Waals surface area contributed by atoms with E-state index >= 15 is 0 Å². The molecule has 1 aromatic rings. The summed E-state index contributed by atoms with van der Waals surface area (Å²) < 4.78 is 0. The number of rotatable bonds is 6. The average Bonchev–Trinajstić information content (AvgIpc) is 2.38. The number of amides is 1. The van der Waals surface area contributed by atoms with E-state index < -0.39 is 0 Å². The van der Waals surface area contributed by atoms with Gasteiger partial charge in [-0.25, -0.2) is 9.97 Å². The van der Waals surface area contributed by atoms with Crippen molar-refractivity contribution in [1.82, 2.24) is 15.3 Å². The third-order valence-electron chi connectivity index (χ3n) is 2.62. The Kier molecular flexibility index (Phi) is 5.35. The topological polar surface area (TPSA) is 78.9 Å². The van der Waals surface area contributed by atoms with Gasteiger partial charge in [-0.15, -0.1) is 0 Å².